The van der Waals surface area contributed by atoms with Gasteiger partial charge >= 0.3 is 0 Å². The molecule has 0 spiro atoms. The predicted molar refractivity (Wildman–Crippen MR) is 70.1 cm³/mol. The molecule has 1 atom stereocenters. The second-order valence-electron chi connectivity index (χ2n) is 4.63. The van der Waals surface area contributed by atoms with E-state index in [2.05, 4.69) is 10.6 Å². The summed E-state index contributed by atoms with van der Waals surface area (Å²) in [4.78, 5) is 11.6. The third-order valence-electron chi connectivity index (χ3n) is 3.11. The molecule has 1 amide bonds. The molecular formula is C14H19FN2O2. The zero-order chi connectivity index (χ0) is 13.5. The summed E-state index contributed by atoms with van der Waals surface area (Å²) in [6.45, 7) is 1.87. The first kappa shape index (κ1) is 14.0. The molecule has 1 saturated heterocycles. The Bertz CT molecular complexity index is 420. The third kappa shape index (κ3) is 4.61. The number of rotatable bonds is 6. The van der Waals surface area contributed by atoms with Crippen LogP contribution < -0.4 is 10.6 Å². The lowest BCUT2D eigenvalue weighted by Gasteiger charge is -2.11. The lowest BCUT2D eigenvalue weighted by atomic mass is 10.2. The number of carbonyl (C=O) groups is 1. The van der Waals surface area contributed by atoms with Crippen molar-refractivity contribution < 1.29 is 13.9 Å². The van der Waals surface area contributed by atoms with Gasteiger partial charge in [-0.25, -0.2) is 4.39 Å². The van der Waals surface area contributed by atoms with Gasteiger partial charge in [-0.15, -0.1) is 0 Å². The molecule has 4 nitrogen and oxygen atoms in total. The Balaban J connectivity index is 1.62. The molecule has 2 rings (SSSR count). The standard InChI is InChI=1S/C14H19FN2O2/c15-13-6-2-1-4-11(13)8-16-10-14(18)17-9-12-5-3-7-19-12/h1-2,4,6,12,16H,3,5,7-10H2,(H,17,18). The lowest BCUT2D eigenvalue weighted by molar-refractivity contribution is -0.120. The lowest BCUT2D eigenvalue weighted by Crippen LogP contribution is -2.37. The maximum Gasteiger partial charge on any atom is 0.234 e. The van der Waals surface area contributed by atoms with E-state index in [1.54, 1.807) is 18.2 Å². The second-order valence-corrected chi connectivity index (χ2v) is 4.63. The van der Waals surface area contributed by atoms with Crippen LogP contribution in [0.25, 0.3) is 0 Å². The van der Waals surface area contributed by atoms with E-state index in [-0.39, 0.29) is 24.4 Å². The molecule has 1 unspecified atom stereocenters. The first-order valence-electron chi connectivity index (χ1n) is 6.58. The molecule has 1 heterocycles. The minimum absolute atomic E-state index is 0.0909. The Labute approximate surface area is 112 Å². The fourth-order valence-corrected chi connectivity index (χ4v) is 2.05. The fraction of sp³-hybridized carbons (Fsp3) is 0.500. The van der Waals surface area contributed by atoms with Gasteiger partial charge in [-0.2, -0.15) is 0 Å². The Morgan fingerprint density at radius 1 is 1.42 bits per heavy atom. The van der Waals surface area contributed by atoms with Gasteiger partial charge in [0, 0.05) is 25.3 Å². The van der Waals surface area contributed by atoms with Crippen molar-refractivity contribution in [3.8, 4) is 0 Å². The van der Waals surface area contributed by atoms with Crippen LogP contribution in [0.15, 0.2) is 24.3 Å². The fourth-order valence-electron chi connectivity index (χ4n) is 2.05. The average Bonchev–Trinajstić information content (AvgIpc) is 2.92. The number of ether oxygens (including phenoxy) is 1. The van der Waals surface area contributed by atoms with E-state index in [0.717, 1.165) is 19.4 Å². The summed E-state index contributed by atoms with van der Waals surface area (Å²) in [6, 6.07) is 6.53. The zero-order valence-corrected chi connectivity index (χ0v) is 10.8. The van der Waals surface area contributed by atoms with Crippen LogP contribution >= 0.6 is 0 Å². The van der Waals surface area contributed by atoms with Crippen LogP contribution in [0.2, 0.25) is 0 Å². The molecule has 104 valence electrons. The van der Waals surface area contributed by atoms with Crippen LogP contribution in [0.1, 0.15) is 18.4 Å². The topological polar surface area (TPSA) is 50.4 Å². The number of carbonyl (C=O) groups excluding carboxylic acids is 1. The first-order valence-corrected chi connectivity index (χ1v) is 6.58. The predicted octanol–water partition coefficient (Wildman–Crippen LogP) is 1.21. The van der Waals surface area contributed by atoms with Crippen LogP contribution in [0.3, 0.4) is 0 Å². The highest BCUT2D eigenvalue weighted by molar-refractivity contribution is 5.77. The second kappa shape index (κ2) is 7.21. The van der Waals surface area contributed by atoms with Crippen molar-refractivity contribution in [1.82, 2.24) is 10.6 Å². The van der Waals surface area contributed by atoms with E-state index in [0.29, 0.717) is 18.7 Å². The molecule has 0 bridgehead atoms. The summed E-state index contributed by atoms with van der Waals surface area (Å²) >= 11 is 0. The highest BCUT2D eigenvalue weighted by Crippen LogP contribution is 2.10. The first-order chi connectivity index (χ1) is 9.25. The van der Waals surface area contributed by atoms with Crippen LogP contribution in [-0.2, 0) is 16.1 Å². The summed E-state index contributed by atoms with van der Waals surface area (Å²) in [7, 11) is 0. The average molecular weight is 266 g/mol. The van der Waals surface area contributed by atoms with Crippen molar-refractivity contribution >= 4 is 5.91 Å². The molecule has 19 heavy (non-hydrogen) atoms. The van der Waals surface area contributed by atoms with Gasteiger partial charge in [0.15, 0.2) is 0 Å². The van der Waals surface area contributed by atoms with Gasteiger partial charge in [0.05, 0.1) is 12.6 Å². The van der Waals surface area contributed by atoms with Crippen LogP contribution in [0, 0.1) is 5.82 Å². The molecule has 5 heteroatoms. The largest absolute Gasteiger partial charge is 0.376 e. The number of benzene rings is 1. The molecule has 1 aromatic rings. The van der Waals surface area contributed by atoms with E-state index in [1.165, 1.54) is 6.07 Å². The van der Waals surface area contributed by atoms with Gasteiger partial charge in [-0.05, 0) is 18.9 Å². The van der Waals surface area contributed by atoms with E-state index < -0.39 is 0 Å². The van der Waals surface area contributed by atoms with Gasteiger partial charge in [-0.3, -0.25) is 4.79 Å². The summed E-state index contributed by atoms with van der Waals surface area (Å²) in [6.07, 6.45) is 2.21. The monoisotopic (exact) mass is 266 g/mol. The molecule has 1 aliphatic heterocycles. The van der Waals surface area contributed by atoms with Crippen molar-refractivity contribution in [3.63, 3.8) is 0 Å². The highest BCUT2D eigenvalue weighted by Gasteiger charge is 2.15. The summed E-state index contributed by atoms with van der Waals surface area (Å²) in [5.41, 5.74) is 0.564. The van der Waals surface area contributed by atoms with Gasteiger partial charge in [0.2, 0.25) is 5.91 Å². The minimum atomic E-state index is -0.255. The molecule has 0 saturated carbocycles. The number of amides is 1. The van der Waals surface area contributed by atoms with E-state index in [4.69, 9.17) is 4.74 Å². The molecule has 1 aromatic carbocycles. The van der Waals surface area contributed by atoms with Gasteiger partial charge in [0.25, 0.3) is 0 Å². The number of hydrogen-bond acceptors (Lipinski definition) is 3. The van der Waals surface area contributed by atoms with Crippen molar-refractivity contribution in [1.29, 1.82) is 0 Å². The van der Waals surface area contributed by atoms with Gasteiger partial charge in [0.1, 0.15) is 5.82 Å². The smallest absolute Gasteiger partial charge is 0.234 e. The summed E-state index contributed by atoms with van der Waals surface area (Å²) < 4.78 is 18.7. The summed E-state index contributed by atoms with van der Waals surface area (Å²) in [5.74, 6) is -0.346. The Hall–Kier alpha value is -1.46. The highest BCUT2D eigenvalue weighted by atomic mass is 19.1. The molecule has 1 aliphatic rings. The third-order valence-corrected chi connectivity index (χ3v) is 3.11. The Kier molecular flexibility index (Phi) is 5.30. The number of nitrogens with one attached hydrogen (secondary N) is 2. The van der Waals surface area contributed by atoms with E-state index in [1.807, 2.05) is 0 Å². The minimum Gasteiger partial charge on any atom is -0.376 e. The maximum atomic E-state index is 13.3. The number of halogens is 1. The van der Waals surface area contributed by atoms with E-state index in [9.17, 15) is 9.18 Å². The molecular weight excluding hydrogens is 247 g/mol. The maximum absolute atomic E-state index is 13.3. The summed E-state index contributed by atoms with van der Waals surface area (Å²) in [5, 5.41) is 5.73. The van der Waals surface area contributed by atoms with Crippen molar-refractivity contribution in [2.24, 2.45) is 0 Å². The molecule has 0 radical (unpaired) electrons. The normalized spacial score (nSPS) is 18.5. The van der Waals surface area contributed by atoms with Gasteiger partial charge < -0.3 is 15.4 Å². The van der Waals surface area contributed by atoms with Crippen molar-refractivity contribution in [2.75, 3.05) is 19.7 Å². The van der Waals surface area contributed by atoms with Crippen LogP contribution in [-0.4, -0.2) is 31.7 Å². The van der Waals surface area contributed by atoms with Crippen molar-refractivity contribution in [3.05, 3.63) is 35.6 Å². The molecule has 0 aliphatic carbocycles. The molecule has 2 N–H and O–H groups in total. The van der Waals surface area contributed by atoms with Gasteiger partial charge in [-0.1, -0.05) is 18.2 Å². The Morgan fingerprint density at radius 2 is 2.26 bits per heavy atom. The number of hydrogen-bond donors (Lipinski definition) is 2. The zero-order valence-electron chi connectivity index (χ0n) is 10.8. The van der Waals surface area contributed by atoms with Crippen molar-refractivity contribution in [2.45, 2.75) is 25.5 Å². The quantitative estimate of drug-likeness (QED) is 0.813. The Morgan fingerprint density at radius 3 is 3.00 bits per heavy atom. The molecule has 0 aromatic heterocycles. The molecule has 1 fully saturated rings. The van der Waals surface area contributed by atoms with Crippen LogP contribution in [0.5, 0.6) is 0 Å². The SMILES string of the molecule is O=C(CNCc1ccccc1F)NCC1CCCO1. The van der Waals surface area contributed by atoms with E-state index >= 15 is 0 Å². The van der Waals surface area contributed by atoms with Crippen LogP contribution in [0.4, 0.5) is 4.39 Å².